The predicted octanol–water partition coefficient (Wildman–Crippen LogP) is 2.71. The predicted molar refractivity (Wildman–Crippen MR) is 41.5 cm³/mol. The van der Waals surface area contributed by atoms with Crippen molar-refractivity contribution >= 4 is 15.9 Å². The average Bonchev–Trinajstić information content (AvgIpc) is 1.86. The normalized spacial score (nSPS) is 11.6. The highest BCUT2D eigenvalue weighted by Gasteiger charge is 2.28. The molecule has 0 aliphatic heterocycles. The number of hydrogen-bond donors (Lipinski definition) is 0. The van der Waals surface area contributed by atoms with Crippen LogP contribution in [0.15, 0.2) is 18.3 Å². The summed E-state index contributed by atoms with van der Waals surface area (Å²) in [4.78, 5) is 0.449. The third-order valence-corrected chi connectivity index (χ3v) is 1.52. The molecule has 0 saturated carbocycles. The van der Waals surface area contributed by atoms with Crippen LogP contribution >= 0.6 is 15.9 Å². The zero-order valence-electron chi connectivity index (χ0n) is 5.52. The molecule has 1 nitrogen and oxygen atoms in total. The fraction of sp³-hybridized carbons (Fsp3) is 0.143. The van der Waals surface area contributed by atoms with Gasteiger partial charge in [-0.2, -0.15) is 8.78 Å². The van der Waals surface area contributed by atoms with Crippen molar-refractivity contribution in [2.24, 2.45) is 0 Å². The van der Waals surface area contributed by atoms with E-state index in [2.05, 4.69) is 27.8 Å². The lowest BCUT2D eigenvalue weighted by Crippen LogP contribution is -2.04. The first kappa shape index (κ1) is 8.59. The van der Waals surface area contributed by atoms with Crippen molar-refractivity contribution in [3.05, 3.63) is 36.5 Å². The van der Waals surface area contributed by atoms with E-state index in [1.807, 2.05) is 0 Å². The van der Waals surface area contributed by atoms with Gasteiger partial charge >= 0.3 is 4.83 Å². The molecule has 0 spiro atoms. The minimum Gasteiger partial charge on any atom is -0.254 e. The summed E-state index contributed by atoms with van der Waals surface area (Å²) in [5.74, 6) is 0. The highest BCUT2D eigenvalue weighted by atomic mass is 79.9. The second-order valence-electron chi connectivity index (χ2n) is 2.05. The molecule has 1 rings (SSSR count). The number of rotatable bonds is 1. The Morgan fingerprint density at radius 1 is 1.45 bits per heavy atom. The number of halogens is 3. The van der Waals surface area contributed by atoms with Gasteiger partial charge in [-0.25, -0.2) is 0 Å². The molecule has 59 valence electrons. The van der Waals surface area contributed by atoms with Crippen LogP contribution in [0.1, 0.15) is 11.3 Å². The van der Waals surface area contributed by atoms with Gasteiger partial charge in [0.25, 0.3) is 0 Å². The Hall–Kier alpha value is -0.510. The number of hydrogen-bond acceptors (Lipinski definition) is 1. The molecular formula is C7H5BrF2N. The molecule has 0 fully saturated rings. The second kappa shape index (κ2) is 2.85. The van der Waals surface area contributed by atoms with Gasteiger partial charge in [0.1, 0.15) is 5.69 Å². The van der Waals surface area contributed by atoms with E-state index in [0.29, 0.717) is 5.56 Å². The van der Waals surface area contributed by atoms with Gasteiger partial charge in [-0.15, -0.1) is 0 Å². The largest absolute Gasteiger partial charge is 0.343 e. The van der Waals surface area contributed by atoms with Crippen LogP contribution in [0.4, 0.5) is 8.78 Å². The van der Waals surface area contributed by atoms with E-state index in [-0.39, 0.29) is 5.69 Å². The topological polar surface area (TPSA) is 12.9 Å². The first-order chi connectivity index (χ1) is 5.00. The van der Waals surface area contributed by atoms with Gasteiger partial charge in [-0.3, -0.25) is 4.98 Å². The number of nitrogens with zero attached hydrogens (tertiary/aromatic N) is 1. The van der Waals surface area contributed by atoms with Gasteiger partial charge in [0.05, 0.1) is 0 Å². The molecule has 0 unspecified atom stereocenters. The van der Waals surface area contributed by atoms with E-state index in [1.165, 1.54) is 18.3 Å². The Labute approximate surface area is 71.6 Å². The Bertz CT molecular complexity index is 240. The monoisotopic (exact) mass is 220 g/mol. The van der Waals surface area contributed by atoms with E-state index in [1.54, 1.807) is 0 Å². The van der Waals surface area contributed by atoms with E-state index in [4.69, 9.17) is 0 Å². The quantitative estimate of drug-likeness (QED) is 0.664. The maximum absolute atomic E-state index is 12.4. The number of aromatic nitrogens is 1. The zero-order chi connectivity index (χ0) is 8.48. The summed E-state index contributed by atoms with van der Waals surface area (Å²) >= 11 is 2.19. The van der Waals surface area contributed by atoms with Gasteiger partial charge in [-0.1, -0.05) is 6.07 Å². The number of alkyl halides is 3. The Balaban J connectivity index is 2.99. The molecule has 1 heterocycles. The van der Waals surface area contributed by atoms with Crippen LogP contribution < -0.4 is 0 Å². The van der Waals surface area contributed by atoms with E-state index < -0.39 is 4.83 Å². The molecule has 0 atom stereocenters. The zero-order valence-corrected chi connectivity index (χ0v) is 7.11. The molecule has 0 amide bonds. The van der Waals surface area contributed by atoms with E-state index in [0.717, 1.165) is 0 Å². The van der Waals surface area contributed by atoms with Crippen LogP contribution in [0, 0.1) is 6.92 Å². The van der Waals surface area contributed by atoms with Crippen LogP contribution in [0.5, 0.6) is 0 Å². The summed E-state index contributed by atoms with van der Waals surface area (Å²) in [6.45, 7) is 3.52. The molecule has 0 aromatic carbocycles. The minimum atomic E-state index is -3.04. The molecule has 0 bridgehead atoms. The van der Waals surface area contributed by atoms with Gasteiger partial charge < -0.3 is 0 Å². The van der Waals surface area contributed by atoms with Crippen LogP contribution in [-0.4, -0.2) is 4.98 Å². The summed E-state index contributed by atoms with van der Waals surface area (Å²) in [7, 11) is 0. The standard InChI is InChI=1S/C7H5BrF2N/c1-5-2-3-6(11-4-5)7(8,9)10/h2-4H,1H2. The van der Waals surface area contributed by atoms with Crippen LogP contribution in [0.2, 0.25) is 0 Å². The molecule has 1 radical (unpaired) electrons. The smallest absolute Gasteiger partial charge is 0.254 e. The van der Waals surface area contributed by atoms with Gasteiger partial charge in [-0.05, 0) is 34.5 Å². The van der Waals surface area contributed by atoms with Crippen molar-refractivity contribution in [1.82, 2.24) is 4.98 Å². The third-order valence-electron chi connectivity index (χ3n) is 1.12. The van der Waals surface area contributed by atoms with Crippen molar-refractivity contribution in [2.45, 2.75) is 4.83 Å². The maximum atomic E-state index is 12.4. The first-order valence-electron chi connectivity index (χ1n) is 2.85. The van der Waals surface area contributed by atoms with Crippen molar-refractivity contribution < 1.29 is 8.78 Å². The molecule has 0 saturated heterocycles. The lowest BCUT2D eigenvalue weighted by atomic mass is 10.3. The molecule has 11 heavy (non-hydrogen) atoms. The van der Waals surface area contributed by atoms with Crippen LogP contribution in [-0.2, 0) is 4.83 Å². The van der Waals surface area contributed by atoms with Gasteiger partial charge in [0, 0.05) is 6.20 Å². The summed E-state index contributed by atoms with van der Waals surface area (Å²) < 4.78 is 24.8. The molecule has 0 aliphatic rings. The Kier molecular flexibility index (Phi) is 2.23. The van der Waals surface area contributed by atoms with Crippen LogP contribution in [0.25, 0.3) is 0 Å². The van der Waals surface area contributed by atoms with Crippen molar-refractivity contribution in [1.29, 1.82) is 0 Å². The minimum absolute atomic E-state index is 0.301. The summed E-state index contributed by atoms with van der Waals surface area (Å²) in [6.07, 6.45) is 1.30. The molecule has 1 aromatic heterocycles. The second-order valence-corrected chi connectivity index (χ2v) is 3.05. The lowest BCUT2D eigenvalue weighted by molar-refractivity contribution is 0.109. The Morgan fingerprint density at radius 2 is 2.09 bits per heavy atom. The Morgan fingerprint density at radius 3 is 2.45 bits per heavy atom. The SMILES string of the molecule is [CH2]c1ccc(C(F)(F)Br)nc1. The molecule has 0 aliphatic carbocycles. The molecule has 1 aromatic rings. The lowest BCUT2D eigenvalue weighted by Gasteiger charge is -2.06. The summed E-state index contributed by atoms with van der Waals surface area (Å²) in [6, 6.07) is 2.72. The number of pyridine rings is 1. The summed E-state index contributed by atoms with van der Waals surface area (Å²) in [5, 5.41) is 0. The van der Waals surface area contributed by atoms with Crippen molar-refractivity contribution in [3.8, 4) is 0 Å². The molecule has 0 N–H and O–H groups in total. The van der Waals surface area contributed by atoms with Crippen LogP contribution in [0.3, 0.4) is 0 Å². The third kappa shape index (κ3) is 2.22. The van der Waals surface area contributed by atoms with Gasteiger partial charge in [0.2, 0.25) is 0 Å². The van der Waals surface area contributed by atoms with E-state index in [9.17, 15) is 8.78 Å². The highest BCUT2D eigenvalue weighted by molar-refractivity contribution is 9.09. The fourth-order valence-corrected chi connectivity index (χ4v) is 0.827. The first-order valence-corrected chi connectivity index (χ1v) is 3.64. The average molecular weight is 221 g/mol. The van der Waals surface area contributed by atoms with Crippen molar-refractivity contribution in [3.63, 3.8) is 0 Å². The highest BCUT2D eigenvalue weighted by Crippen LogP contribution is 2.32. The molecular weight excluding hydrogens is 216 g/mol. The van der Waals surface area contributed by atoms with Crippen molar-refractivity contribution in [2.75, 3.05) is 0 Å². The maximum Gasteiger partial charge on any atom is 0.343 e. The molecule has 4 heteroatoms. The van der Waals surface area contributed by atoms with Gasteiger partial charge in [0.15, 0.2) is 0 Å². The van der Waals surface area contributed by atoms with E-state index >= 15 is 0 Å². The fourth-order valence-electron chi connectivity index (χ4n) is 0.592. The summed E-state index contributed by atoms with van der Waals surface area (Å²) in [5.41, 5.74) is 0.315.